The molecule has 0 aromatic heterocycles. The van der Waals surface area contributed by atoms with Crippen molar-refractivity contribution in [2.75, 3.05) is 26.2 Å². The normalized spacial score (nSPS) is 15.6. The van der Waals surface area contributed by atoms with Crippen LogP contribution in [-0.2, 0) is 11.3 Å². The Labute approximate surface area is 150 Å². The van der Waals surface area contributed by atoms with E-state index in [0.717, 1.165) is 6.07 Å². The second kappa shape index (κ2) is 7.65. The Kier molecular flexibility index (Phi) is 5.76. The molecule has 142 valence electrons. The van der Waals surface area contributed by atoms with Crippen molar-refractivity contribution in [3.05, 3.63) is 44.0 Å². The van der Waals surface area contributed by atoms with Gasteiger partial charge in [0.1, 0.15) is 5.60 Å². The van der Waals surface area contributed by atoms with Gasteiger partial charge in [-0.05, 0) is 26.3 Å². The molecule has 0 bridgehead atoms. The summed E-state index contributed by atoms with van der Waals surface area (Å²) in [5.41, 5.74) is -0.965. The fourth-order valence-corrected chi connectivity index (χ4v) is 2.64. The minimum Gasteiger partial charge on any atom is -0.444 e. The highest BCUT2D eigenvalue weighted by atomic mass is 16.6. The number of ether oxygens (including phenoxy) is 1. The zero-order valence-corrected chi connectivity index (χ0v) is 15.0. The van der Waals surface area contributed by atoms with E-state index in [2.05, 4.69) is 0 Å². The molecule has 0 spiro atoms. The lowest BCUT2D eigenvalue weighted by molar-refractivity contribution is -0.422. The monoisotopic (exact) mass is 366 g/mol. The zero-order chi connectivity index (χ0) is 19.5. The highest BCUT2D eigenvalue weighted by Crippen LogP contribution is 2.28. The Morgan fingerprint density at radius 3 is 2.15 bits per heavy atom. The van der Waals surface area contributed by atoms with Crippen LogP contribution in [0.25, 0.3) is 0 Å². The van der Waals surface area contributed by atoms with Crippen LogP contribution in [0.4, 0.5) is 16.2 Å². The van der Waals surface area contributed by atoms with E-state index in [1.54, 1.807) is 4.90 Å². The molecule has 0 radical (unpaired) electrons. The molecule has 26 heavy (non-hydrogen) atoms. The molecular weight excluding hydrogens is 344 g/mol. The molecule has 1 aliphatic rings. The smallest absolute Gasteiger partial charge is 0.410 e. The molecule has 1 aromatic rings. The summed E-state index contributed by atoms with van der Waals surface area (Å²) in [5.74, 6) is 0. The standard InChI is InChI=1S/C16H22N4O6/c1-16(2,3)26-15(21)18-8-6-17(7-9-18)11-12-4-5-13(19(22)23)14(10-12)20(24)25/h4-5,10H,6-9,11H2,1-3H3. The summed E-state index contributed by atoms with van der Waals surface area (Å²) in [5, 5.41) is 21.9. The molecule has 1 saturated heterocycles. The summed E-state index contributed by atoms with van der Waals surface area (Å²) in [4.78, 5) is 36.1. The van der Waals surface area contributed by atoms with Gasteiger partial charge in [-0.1, -0.05) is 6.07 Å². The van der Waals surface area contributed by atoms with Gasteiger partial charge in [0, 0.05) is 44.9 Å². The van der Waals surface area contributed by atoms with E-state index in [0.29, 0.717) is 38.3 Å². The number of nitro groups is 2. The van der Waals surface area contributed by atoms with E-state index in [4.69, 9.17) is 4.74 Å². The van der Waals surface area contributed by atoms with Crippen LogP contribution in [-0.4, -0.2) is 57.5 Å². The number of carbonyl (C=O) groups is 1. The topological polar surface area (TPSA) is 119 Å². The van der Waals surface area contributed by atoms with Gasteiger partial charge in [-0.15, -0.1) is 0 Å². The number of carbonyl (C=O) groups excluding carboxylic acids is 1. The first-order valence-electron chi connectivity index (χ1n) is 8.19. The van der Waals surface area contributed by atoms with Crippen molar-refractivity contribution in [2.45, 2.75) is 32.9 Å². The molecule has 0 saturated carbocycles. The maximum absolute atomic E-state index is 12.0. The molecular formula is C16H22N4O6. The number of piperazine rings is 1. The molecule has 0 aliphatic carbocycles. The van der Waals surface area contributed by atoms with Crippen molar-refractivity contribution >= 4 is 17.5 Å². The second-order valence-corrected chi connectivity index (χ2v) is 7.08. The van der Waals surface area contributed by atoms with E-state index < -0.39 is 26.8 Å². The van der Waals surface area contributed by atoms with Gasteiger partial charge in [-0.3, -0.25) is 25.1 Å². The lowest BCUT2D eigenvalue weighted by atomic mass is 10.1. The average Bonchev–Trinajstić information content (AvgIpc) is 2.53. The number of rotatable bonds is 4. The first-order chi connectivity index (χ1) is 12.1. The third kappa shape index (κ3) is 5.12. The summed E-state index contributed by atoms with van der Waals surface area (Å²) in [6.07, 6.45) is -0.358. The van der Waals surface area contributed by atoms with E-state index in [-0.39, 0.29) is 6.09 Å². The fraction of sp³-hybridized carbons (Fsp3) is 0.562. The summed E-state index contributed by atoms with van der Waals surface area (Å²) >= 11 is 0. The Hall–Kier alpha value is -2.75. The van der Waals surface area contributed by atoms with Gasteiger partial charge in [-0.2, -0.15) is 0 Å². The fourth-order valence-electron chi connectivity index (χ4n) is 2.64. The van der Waals surface area contributed by atoms with Crippen molar-refractivity contribution in [2.24, 2.45) is 0 Å². The van der Waals surface area contributed by atoms with E-state index in [1.807, 2.05) is 25.7 Å². The Morgan fingerprint density at radius 2 is 1.65 bits per heavy atom. The van der Waals surface area contributed by atoms with Crippen molar-refractivity contribution < 1.29 is 19.4 Å². The number of benzene rings is 1. The van der Waals surface area contributed by atoms with Crippen LogP contribution in [0, 0.1) is 20.2 Å². The van der Waals surface area contributed by atoms with Gasteiger partial charge in [-0.25, -0.2) is 4.79 Å². The molecule has 1 heterocycles. The highest BCUT2D eigenvalue weighted by molar-refractivity contribution is 5.68. The predicted molar refractivity (Wildman–Crippen MR) is 92.8 cm³/mol. The van der Waals surface area contributed by atoms with Crippen molar-refractivity contribution in [3.63, 3.8) is 0 Å². The molecule has 0 N–H and O–H groups in total. The summed E-state index contributed by atoms with van der Waals surface area (Å²) in [6.45, 7) is 8.00. The van der Waals surface area contributed by atoms with Crippen LogP contribution in [0.5, 0.6) is 0 Å². The van der Waals surface area contributed by atoms with E-state index in [9.17, 15) is 25.0 Å². The Bertz CT molecular complexity index is 707. The minimum absolute atomic E-state index is 0.358. The Morgan fingerprint density at radius 1 is 1.08 bits per heavy atom. The van der Waals surface area contributed by atoms with Gasteiger partial charge in [0.15, 0.2) is 0 Å². The largest absolute Gasteiger partial charge is 0.444 e. The molecule has 1 amide bonds. The molecule has 1 aromatic carbocycles. The maximum atomic E-state index is 12.0. The van der Waals surface area contributed by atoms with Crippen LogP contribution in [0.3, 0.4) is 0 Å². The number of hydrogen-bond donors (Lipinski definition) is 0. The van der Waals surface area contributed by atoms with Crippen LogP contribution >= 0.6 is 0 Å². The third-order valence-corrected chi connectivity index (χ3v) is 3.86. The van der Waals surface area contributed by atoms with Gasteiger partial charge < -0.3 is 9.64 Å². The maximum Gasteiger partial charge on any atom is 0.410 e. The second-order valence-electron chi connectivity index (χ2n) is 7.08. The number of amides is 1. The molecule has 0 atom stereocenters. The van der Waals surface area contributed by atoms with Crippen molar-refractivity contribution in [3.8, 4) is 0 Å². The van der Waals surface area contributed by atoms with Crippen LogP contribution in [0.15, 0.2) is 18.2 Å². The van der Waals surface area contributed by atoms with Crippen molar-refractivity contribution in [1.82, 2.24) is 9.80 Å². The third-order valence-electron chi connectivity index (χ3n) is 3.86. The lowest BCUT2D eigenvalue weighted by Gasteiger charge is -2.35. The summed E-state index contributed by atoms with van der Waals surface area (Å²) in [7, 11) is 0. The summed E-state index contributed by atoms with van der Waals surface area (Å²) in [6, 6.07) is 3.91. The van der Waals surface area contributed by atoms with Gasteiger partial charge in [0.25, 0.3) is 0 Å². The average molecular weight is 366 g/mol. The zero-order valence-electron chi connectivity index (χ0n) is 15.0. The first kappa shape index (κ1) is 19.6. The quantitative estimate of drug-likeness (QED) is 0.593. The summed E-state index contributed by atoms with van der Waals surface area (Å²) < 4.78 is 5.34. The molecule has 2 rings (SSSR count). The number of hydrogen-bond acceptors (Lipinski definition) is 7. The first-order valence-corrected chi connectivity index (χ1v) is 8.19. The van der Waals surface area contributed by atoms with Crippen molar-refractivity contribution in [1.29, 1.82) is 0 Å². The minimum atomic E-state index is -0.762. The van der Waals surface area contributed by atoms with E-state index >= 15 is 0 Å². The SMILES string of the molecule is CC(C)(C)OC(=O)N1CCN(Cc2ccc([N+](=O)[O-])c([N+](=O)[O-])c2)CC1. The molecule has 1 fully saturated rings. The van der Waals surface area contributed by atoms with Crippen LogP contribution < -0.4 is 0 Å². The van der Waals surface area contributed by atoms with Gasteiger partial charge in [0.2, 0.25) is 0 Å². The molecule has 10 nitrogen and oxygen atoms in total. The van der Waals surface area contributed by atoms with E-state index in [1.165, 1.54) is 12.1 Å². The van der Waals surface area contributed by atoms with Crippen LogP contribution in [0.1, 0.15) is 26.3 Å². The molecule has 10 heteroatoms. The predicted octanol–water partition coefficient (Wildman–Crippen LogP) is 2.56. The van der Waals surface area contributed by atoms with Gasteiger partial charge in [0.05, 0.1) is 9.85 Å². The number of nitro benzene ring substituents is 2. The molecule has 0 unspecified atom stereocenters. The highest BCUT2D eigenvalue weighted by Gasteiger charge is 2.27. The Balaban J connectivity index is 1.97. The lowest BCUT2D eigenvalue weighted by Crippen LogP contribution is -2.49. The van der Waals surface area contributed by atoms with Crippen LogP contribution in [0.2, 0.25) is 0 Å². The van der Waals surface area contributed by atoms with Gasteiger partial charge >= 0.3 is 17.5 Å². The number of nitrogens with zero attached hydrogens (tertiary/aromatic N) is 4. The molecule has 1 aliphatic heterocycles.